The van der Waals surface area contributed by atoms with Crippen molar-refractivity contribution in [3.8, 4) is 11.3 Å². The summed E-state index contributed by atoms with van der Waals surface area (Å²) in [6, 6.07) is 16.0. The van der Waals surface area contributed by atoms with E-state index in [9.17, 15) is 14.7 Å². The number of anilines is 1. The summed E-state index contributed by atoms with van der Waals surface area (Å²) in [6.07, 6.45) is 1.59. The Morgan fingerprint density at radius 1 is 1.10 bits per heavy atom. The Balaban J connectivity index is 1.64. The summed E-state index contributed by atoms with van der Waals surface area (Å²) in [7, 11) is 1.70. The average molecular weight is 421 g/mol. The van der Waals surface area contributed by atoms with Gasteiger partial charge in [0.05, 0.1) is 17.5 Å². The van der Waals surface area contributed by atoms with Gasteiger partial charge in [0.2, 0.25) is 5.91 Å². The van der Waals surface area contributed by atoms with E-state index in [1.54, 1.807) is 7.05 Å². The number of hydrogen-bond donors (Lipinski definition) is 1. The lowest BCUT2D eigenvalue weighted by molar-refractivity contribution is -0.144. The van der Waals surface area contributed by atoms with Crippen molar-refractivity contribution < 1.29 is 14.7 Å². The average Bonchev–Trinajstić information content (AvgIpc) is 3.37. The molecular weight excluding hydrogens is 396 g/mol. The van der Waals surface area contributed by atoms with Crippen LogP contribution in [0.3, 0.4) is 0 Å². The van der Waals surface area contributed by atoms with Gasteiger partial charge in [0.1, 0.15) is 0 Å². The molecule has 0 unspecified atom stereocenters. The van der Waals surface area contributed by atoms with Crippen LogP contribution >= 0.6 is 11.3 Å². The lowest BCUT2D eigenvalue weighted by Gasteiger charge is -2.30. The maximum absolute atomic E-state index is 13.6. The monoisotopic (exact) mass is 420 g/mol. The zero-order valence-electron chi connectivity index (χ0n) is 17.1. The smallest absolute Gasteiger partial charge is 0.304 e. The number of carboxylic acid groups (broad SMARTS) is 1. The number of aliphatic carboxylic acids is 1. The maximum Gasteiger partial charge on any atom is 0.304 e. The fraction of sp³-hybridized carbons (Fsp3) is 0.292. The molecule has 0 bridgehead atoms. The molecule has 0 saturated heterocycles. The minimum Gasteiger partial charge on any atom is -0.481 e. The molecule has 0 aliphatic heterocycles. The number of amides is 1. The first-order chi connectivity index (χ1) is 14.4. The third-order valence-electron chi connectivity index (χ3n) is 5.88. The van der Waals surface area contributed by atoms with Gasteiger partial charge in [0.15, 0.2) is 5.13 Å². The summed E-state index contributed by atoms with van der Waals surface area (Å²) in [5, 5.41) is 12.1. The molecule has 1 aromatic heterocycles. The highest BCUT2D eigenvalue weighted by Crippen LogP contribution is 2.42. The Hall–Kier alpha value is -2.99. The Morgan fingerprint density at radius 2 is 1.73 bits per heavy atom. The minimum absolute atomic E-state index is 0.189. The van der Waals surface area contributed by atoms with Gasteiger partial charge in [0.25, 0.3) is 0 Å². The summed E-state index contributed by atoms with van der Waals surface area (Å²) in [5.74, 6) is -1.15. The number of thiazole rings is 1. The number of carbonyl (C=O) groups excluding carboxylic acids is 1. The van der Waals surface area contributed by atoms with E-state index in [-0.39, 0.29) is 12.3 Å². The van der Waals surface area contributed by atoms with Crippen LogP contribution in [-0.2, 0) is 28.9 Å². The van der Waals surface area contributed by atoms with Crippen molar-refractivity contribution in [3.05, 3.63) is 70.6 Å². The fourth-order valence-corrected chi connectivity index (χ4v) is 5.19. The number of hydrogen-bond acceptors (Lipinski definition) is 4. The number of fused-ring (bicyclic) bond motifs is 1. The topological polar surface area (TPSA) is 70.5 Å². The summed E-state index contributed by atoms with van der Waals surface area (Å²) in [6.45, 7) is 2.11. The molecule has 0 saturated carbocycles. The Bertz CT molecular complexity index is 1080. The Kier molecular flexibility index (Phi) is 5.43. The highest BCUT2D eigenvalue weighted by Gasteiger charge is 2.47. The van der Waals surface area contributed by atoms with Gasteiger partial charge in [-0.1, -0.05) is 55.5 Å². The molecule has 1 amide bonds. The molecule has 30 heavy (non-hydrogen) atoms. The Morgan fingerprint density at radius 3 is 2.37 bits per heavy atom. The summed E-state index contributed by atoms with van der Waals surface area (Å²) in [4.78, 5) is 31.5. The van der Waals surface area contributed by atoms with Crippen molar-refractivity contribution in [2.24, 2.45) is 5.41 Å². The second-order valence-electron chi connectivity index (χ2n) is 7.86. The summed E-state index contributed by atoms with van der Waals surface area (Å²) < 4.78 is 0. The quantitative estimate of drug-likeness (QED) is 0.633. The molecule has 1 heterocycles. The maximum atomic E-state index is 13.6. The van der Waals surface area contributed by atoms with Crippen LogP contribution in [0.5, 0.6) is 0 Å². The lowest BCUT2D eigenvalue weighted by Crippen LogP contribution is -2.44. The summed E-state index contributed by atoms with van der Waals surface area (Å²) in [5.41, 5.74) is 4.24. The molecule has 1 aliphatic carbocycles. The van der Waals surface area contributed by atoms with E-state index in [2.05, 4.69) is 13.0 Å². The molecule has 0 atom stereocenters. The van der Waals surface area contributed by atoms with Gasteiger partial charge >= 0.3 is 5.97 Å². The van der Waals surface area contributed by atoms with E-state index in [4.69, 9.17) is 4.98 Å². The number of rotatable bonds is 6. The number of benzene rings is 2. The number of carboxylic acids is 1. The van der Waals surface area contributed by atoms with Gasteiger partial charge < -0.3 is 5.11 Å². The van der Waals surface area contributed by atoms with E-state index < -0.39 is 11.4 Å². The third-order valence-corrected chi connectivity index (χ3v) is 6.79. The third kappa shape index (κ3) is 3.63. The first-order valence-corrected chi connectivity index (χ1v) is 10.9. The number of aromatic nitrogens is 1. The Labute approximate surface area is 180 Å². The predicted molar refractivity (Wildman–Crippen MR) is 119 cm³/mol. The van der Waals surface area contributed by atoms with Gasteiger partial charge in [0, 0.05) is 18.0 Å². The normalized spacial score (nSPS) is 14.3. The highest BCUT2D eigenvalue weighted by atomic mass is 32.1. The number of aryl methyl sites for hydroxylation is 1. The molecule has 3 aromatic rings. The van der Waals surface area contributed by atoms with Crippen molar-refractivity contribution in [2.75, 3.05) is 11.9 Å². The van der Waals surface area contributed by atoms with E-state index in [0.29, 0.717) is 18.0 Å². The SMILES string of the molecule is CCc1ccccc1-c1csc(N(C)C(=O)C2(CC(=O)O)Cc3ccccc3C2)n1. The predicted octanol–water partition coefficient (Wildman–Crippen LogP) is 4.60. The van der Waals surface area contributed by atoms with Crippen molar-refractivity contribution in [1.29, 1.82) is 0 Å². The highest BCUT2D eigenvalue weighted by molar-refractivity contribution is 7.14. The molecule has 4 rings (SSSR count). The molecular formula is C24H24N2O3S. The number of nitrogens with zero attached hydrogens (tertiary/aromatic N) is 2. The number of carbonyl (C=O) groups is 2. The van der Waals surface area contributed by atoms with Crippen molar-refractivity contribution >= 4 is 28.3 Å². The van der Waals surface area contributed by atoms with Crippen LogP contribution in [0.25, 0.3) is 11.3 Å². The van der Waals surface area contributed by atoms with Gasteiger partial charge in [-0.3, -0.25) is 14.5 Å². The fourth-order valence-electron chi connectivity index (χ4n) is 4.40. The van der Waals surface area contributed by atoms with Crippen LogP contribution in [0.1, 0.15) is 30.0 Å². The van der Waals surface area contributed by atoms with Gasteiger partial charge in [-0.15, -0.1) is 11.3 Å². The van der Waals surface area contributed by atoms with Crippen LogP contribution in [0.15, 0.2) is 53.9 Å². The molecule has 0 spiro atoms. The van der Waals surface area contributed by atoms with Crippen molar-refractivity contribution in [1.82, 2.24) is 4.98 Å². The molecule has 1 N–H and O–H groups in total. The van der Waals surface area contributed by atoms with Gasteiger partial charge in [-0.25, -0.2) is 4.98 Å². The van der Waals surface area contributed by atoms with Crippen LogP contribution in [-0.4, -0.2) is 29.0 Å². The van der Waals surface area contributed by atoms with E-state index in [0.717, 1.165) is 28.8 Å². The van der Waals surface area contributed by atoms with Crippen molar-refractivity contribution in [2.45, 2.75) is 32.6 Å². The first-order valence-electron chi connectivity index (χ1n) is 10.0. The largest absolute Gasteiger partial charge is 0.481 e. The van der Waals surface area contributed by atoms with Crippen LogP contribution in [0.2, 0.25) is 0 Å². The van der Waals surface area contributed by atoms with E-state index in [1.807, 2.05) is 47.8 Å². The molecule has 0 fully saturated rings. The molecule has 0 radical (unpaired) electrons. The van der Waals surface area contributed by atoms with E-state index in [1.165, 1.54) is 21.8 Å². The van der Waals surface area contributed by atoms with Crippen LogP contribution < -0.4 is 4.90 Å². The lowest BCUT2D eigenvalue weighted by atomic mass is 9.80. The molecule has 5 nitrogen and oxygen atoms in total. The molecule has 6 heteroatoms. The molecule has 154 valence electrons. The second kappa shape index (κ2) is 8.03. The van der Waals surface area contributed by atoms with Crippen molar-refractivity contribution in [3.63, 3.8) is 0 Å². The zero-order chi connectivity index (χ0) is 21.3. The molecule has 2 aromatic carbocycles. The van der Waals surface area contributed by atoms with Crippen LogP contribution in [0, 0.1) is 5.41 Å². The van der Waals surface area contributed by atoms with Crippen LogP contribution in [0.4, 0.5) is 5.13 Å². The van der Waals surface area contributed by atoms with E-state index >= 15 is 0 Å². The zero-order valence-corrected chi connectivity index (χ0v) is 17.9. The van der Waals surface area contributed by atoms with Gasteiger partial charge in [-0.2, -0.15) is 0 Å². The van der Waals surface area contributed by atoms with Gasteiger partial charge in [-0.05, 0) is 36.0 Å². The standard InChI is InChI=1S/C24H24N2O3S/c1-3-16-8-6-7-11-19(16)20-15-30-23(25-20)26(2)22(29)24(14-21(27)28)12-17-9-4-5-10-18(17)13-24/h4-11,15H,3,12-14H2,1-2H3,(H,27,28). The first kappa shape index (κ1) is 20.3. The summed E-state index contributed by atoms with van der Waals surface area (Å²) >= 11 is 1.41. The minimum atomic E-state index is -0.975. The second-order valence-corrected chi connectivity index (χ2v) is 8.70. The molecule has 1 aliphatic rings.